The number of rotatable bonds is 6. The van der Waals surface area contributed by atoms with Crippen LogP contribution in [0.4, 0.5) is 9.18 Å². The number of nitrogens with zero attached hydrogens (tertiary/aromatic N) is 1. The Morgan fingerprint density at radius 1 is 1.31 bits per heavy atom. The molecule has 142 valence electrons. The number of amides is 1. The second-order valence-electron chi connectivity index (χ2n) is 6.98. The summed E-state index contributed by atoms with van der Waals surface area (Å²) in [5.41, 5.74) is 0.165. The first-order valence-electron chi connectivity index (χ1n) is 8.46. The number of aromatic nitrogens is 1. The Hall–Kier alpha value is -2.41. The number of aliphatic hydroxyl groups excluding tert-OH is 1. The summed E-state index contributed by atoms with van der Waals surface area (Å²) in [7, 11) is 1.49. The minimum atomic E-state index is -0.595. The average Bonchev–Trinajstić information content (AvgIpc) is 2.57. The Morgan fingerprint density at radius 3 is 2.62 bits per heavy atom. The van der Waals surface area contributed by atoms with Crippen LogP contribution in [0.2, 0.25) is 0 Å². The van der Waals surface area contributed by atoms with Crippen LogP contribution in [0, 0.1) is 5.82 Å². The minimum absolute atomic E-state index is 0.236. The number of hydrogen-bond donors (Lipinski definition) is 2. The smallest absolute Gasteiger partial charge is 0.407 e. The van der Waals surface area contributed by atoms with E-state index in [0.29, 0.717) is 23.4 Å². The number of fused-ring (bicyclic) bond motifs is 1. The van der Waals surface area contributed by atoms with Crippen LogP contribution < -0.4 is 10.1 Å². The topological polar surface area (TPSA) is 80.7 Å². The molecule has 0 aliphatic rings. The lowest BCUT2D eigenvalue weighted by atomic mass is 9.93. The summed E-state index contributed by atoms with van der Waals surface area (Å²) in [5, 5.41) is 13.1. The lowest BCUT2D eigenvalue weighted by Crippen LogP contribution is -2.33. The van der Waals surface area contributed by atoms with Crippen molar-refractivity contribution in [2.24, 2.45) is 0 Å². The maximum Gasteiger partial charge on any atom is 0.407 e. The number of ether oxygens (including phenoxy) is 2. The molecule has 6 nitrogen and oxygen atoms in total. The van der Waals surface area contributed by atoms with Crippen LogP contribution in [0.3, 0.4) is 0 Å². The van der Waals surface area contributed by atoms with E-state index < -0.39 is 23.4 Å². The molecule has 0 aliphatic carbocycles. The summed E-state index contributed by atoms with van der Waals surface area (Å²) in [6.45, 7) is 5.28. The van der Waals surface area contributed by atoms with E-state index in [4.69, 9.17) is 9.47 Å². The molecule has 1 aromatic heterocycles. The number of hydrogen-bond acceptors (Lipinski definition) is 5. The Kier molecular flexibility index (Phi) is 6.37. The summed E-state index contributed by atoms with van der Waals surface area (Å²) < 4.78 is 24.8. The molecule has 2 N–H and O–H groups in total. The van der Waals surface area contributed by atoms with Gasteiger partial charge < -0.3 is 19.9 Å². The van der Waals surface area contributed by atoms with Crippen LogP contribution in [0.15, 0.2) is 24.3 Å². The normalized spacial score (nSPS) is 12.7. The first-order chi connectivity index (χ1) is 12.2. The monoisotopic (exact) mass is 364 g/mol. The van der Waals surface area contributed by atoms with Crippen LogP contribution in [0.1, 0.15) is 38.7 Å². The zero-order chi connectivity index (χ0) is 19.3. The molecule has 0 spiro atoms. The molecule has 0 bridgehead atoms. The summed E-state index contributed by atoms with van der Waals surface area (Å²) in [6.07, 6.45) is -0.211. The predicted molar refractivity (Wildman–Crippen MR) is 96.9 cm³/mol. The molecular weight excluding hydrogens is 339 g/mol. The van der Waals surface area contributed by atoms with E-state index in [0.717, 1.165) is 5.39 Å². The maximum absolute atomic E-state index is 14.5. The zero-order valence-corrected chi connectivity index (χ0v) is 15.5. The highest BCUT2D eigenvalue weighted by Crippen LogP contribution is 2.30. The van der Waals surface area contributed by atoms with E-state index in [1.807, 2.05) is 0 Å². The van der Waals surface area contributed by atoms with E-state index in [-0.39, 0.29) is 13.2 Å². The third-order valence-corrected chi connectivity index (χ3v) is 3.82. The van der Waals surface area contributed by atoms with Crippen molar-refractivity contribution >= 4 is 17.0 Å². The molecule has 2 aromatic rings. The van der Waals surface area contributed by atoms with E-state index in [1.165, 1.54) is 13.2 Å². The van der Waals surface area contributed by atoms with Gasteiger partial charge in [0, 0.05) is 29.5 Å². The van der Waals surface area contributed by atoms with Crippen molar-refractivity contribution in [1.82, 2.24) is 10.3 Å². The molecule has 1 aromatic carbocycles. The van der Waals surface area contributed by atoms with Gasteiger partial charge in [0.15, 0.2) is 0 Å². The van der Waals surface area contributed by atoms with E-state index in [2.05, 4.69) is 10.3 Å². The number of halogens is 1. The molecule has 0 saturated heterocycles. The molecule has 7 heteroatoms. The number of alkyl carbamates (subject to hydrolysis) is 1. The molecule has 0 radical (unpaired) electrons. The fourth-order valence-corrected chi connectivity index (χ4v) is 2.66. The predicted octanol–water partition coefficient (Wildman–Crippen LogP) is 3.37. The SMILES string of the molecule is COc1ccc2ccc(F)c(C(CO)CCNC(=O)OC(C)(C)C)c2n1. The molecule has 1 heterocycles. The Morgan fingerprint density at radius 2 is 2.00 bits per heavy atom. The standard InChI is InChI=1S/C19H25FN2O4/c1-19(2,3)26-18(24)21-10-9-13(11-23)16-14(20)7-5-12-6-8-15(25-4)22-17(12)16/h5-8,13,23H,9-11H2,1-4H3,(H,21,24). The minimum Gasteiger partial charge on any atom is -0.481 e. The fraction of sp³-hybridized carbons (Fsp3) is 0.474. The summed E-state index contributed by atoms with van der Waals surface area (Å²) in [6, 6.07) is 6.48. The van der Waals surface area contributed by atoms with Gasteiger partial charge in [0.05, 0.1) is 19.2 Å². The number of benzene rings is 1. The Balaban J connectivity index is 2.19. The third kappa shape index (κ3) is 5.05. The summed E-state index contributed by atoms with van der Waals surface area (Å²) >= 11 is 0. The van der Waals surface area contributed by atoms with Crippen LogP contribution in [0.25, 0.3) is 10.9 Å². The van der Waals surface area contributed by atoms with E-state index in [9.17, 15) is 14.3 Å². The molecule has 0 fully saturated rings. The highest BCUT2D eigenvalue weighted by atomic mass is 19.1. The quantitative estimate of drug-likeness (QED) is 0.821. The van der Waals surface area contributed by atoms with Gasteiger partial charge in [0.1, 0.15) is 11.4 Å². The highest BCUT2D eigenvalue weighted by molar-refractivity contribution is 5.83. The first-order valence-corrected chi connectivity index (χ1v) is 8.46. The number of carbonyl (C=O) groups is 1. The fourth-order valence-electron chi connectivity index (χ4n) is 2.66. The van der Waals surface area contributed by atoms with Gasteiger partial charge in [0.2, 0.25) is 5.88 Å². The zero-order valence-electron chi connectivity index (χ0n) is 15.5. The van der Waals surface area contributed by atoms with E-state index in [1.54, 1.807) is 39.0 Å². The summed E-state index contributed by atoms with van der Waals surface area (Å²) in [4.78, 5) is 16.1. The largest absolute Gasteiger partial charge is 0.481 e. The van der Waals surface area contributed by atoms with Crippen molar-refractivity contribution in [3.05, 3.63) is 35.6 Å². The van der Waals surface area contributed by atoms with Gasteiger partial charge in [-0.2, -0.15) is 0 Å². The molecule has 1 unspecified atom stereocenters. The number of aliphatic hydroxyl groups is 1. The van der Waals surface area contributed by atoms with Gasteiger partial charge in [-0.1, -0.05) is 0 Å². The van der Waals surface area contributed by atoms with Gasteiger partial charge in [-0.05, 0) is 45.4 Å². The van der Waals surface area contributed by atoms with Crippen LogP contribution in [-0.2, 0) is 4.74 Å². The van der Waals surface area contributed by atoms with Crippen molar-refractivity contribution in [1.29, 1.82) is 0 Å². The number of methoxy groups -OCH3 is 1. The molecule has 0 saturated carbocycles. The molecule has 1 atom stereocenters. The second-order valence-corrected chi connectivity index (χ2v) is 6.98. The van der Waals surface area contributed by atoms with Gasteiger partial charge in [-0.15, -0.1) is 0 Å². The molecule has 1 amide bonds. The van der Waals surface area contributed by atoms with Crippen molar-refractivity contribution in [2.45, 2.75) is 38.7 Å². The maximum atomic E-state index is 14.5. The first kappa shape index (κ1) is 19.9. The van der Waals surface area contributed by atoms with Crippen molar-refractivity contribution in [3.8, 4) is 5.88 Å². The Bertz CT molecular complexity index is 774. The van der Waals surface area contributed by atoms with Crippen molar-refractivity contribution in [2.75, 3.05) is 20.3 Å². The van der Waals surface area contributed by atoms with Crippen LogP contribution >= 0.6 is 0 Å². The Labute approximate surface area is 152 Å². The van der Waals surface area contributed by atoms with Crippen molar-refractivity contribution < 1.29 is 23.8 Å². The number of pyridine rings is 1. The lowest BCUT2D eigenvalue weighted by molar-refractivity contribution is 0.0525. The van der Waals surface area contributed by atoms with E-state index >= 15 is 0 Å². The third-order valence-electron chi connectivity index (χ3n) is 3.82. The van der Waals surface area contributed by atoms with Gasteiger partial charge in [0.25, 0.3) is 0 Å². The molecule has 0 aliphatic heterocycles. The van der Waals surface area contributed by atoms with Gasteiger partial charge in [-0.25, -0.2) is 14.2 Å². The highest BCUT2D eigenvalue weighted by Gasteiger charge is 2.21. The molecular formula is C19H25FN2O4. The summed E-state index contributed by atoms with van der Waals surface area (Å²) in [5.74, 6) is -0.601. The number of carbonyl (C=O) groups excluding carboxylic acids is 1. The van der Waals surface area contributed by atoms with Gasteiger partial charge in [-0.3, -0.25) is 0 Å². The van der Waals surface area contributed by atoms with Crippen molar-refractivity contribution in [3.63, 3.8) is 0 Å². The molecule has 2 rings (SSSR count). The van der Waals surface area contributed by atoms with Crippen LogP contribution in [0.5, 0.6) is 5.88 Å². The van der Waals surface area contributed by atoms with Crippen LogP contribution in [-0.4, -0.2) is 42.0 Å². The van der Waals surface area contributed by atoms with Gasteiger partial charge >= 0.3 is 6.09 Å². The molecule has 26 heavy (non-hydrogen) atoms. The lowest BCUT2D eigenvalue weighted by Gasteiger charge is -2.21. The average molecular weight is 364 g/mol. The second kappa shape index (κ2) is 8.31. The number of nitrogens with one attached hydrogen (secondary N) is 1.